The Kier molecular flexibility index (Phi) is 5.93. The zero-order valence-corrected chi connectivity index (χ0v) is 16.3. The van der Waals surface area contributed by atoms with Crippen molar-refractivity contribution in [1.82, 2.24) is 4.90 Å². The first-order valence-electron chi connectivity index (χ1n) is 9.99. The second kappa shape index (κ2) is 8.57. The fraction of sp³-hybridized carbons (Fsp3) is 0.650. The summed E-state index contributed by atoms with van der Waals surface area (Å²) in [5.74, 6) is 1.25. The summed E-state index contributed by atoms with van der Waals surface area (Å²) in [6.45, 7) is 2.62. The van der Waals surface area contributed by atoms with Gasteiger partial charge in [-0.25, -0.2) is 4.79 Å². The number of benzene rings is 1. The zero-order valence-electron chi connectivity index (χ0n) is 15.5. The fourth-order valence-corrected chi connectivity index (χ4v) is 4.29. The number of nitrogens with one attached hydrogen (secondary N) is 1. The van der Waals surface area contributed by atoms with Crippen molar-refractivity contribution in [1.29, 1.82) is 0 Å². The van der Waals surface area contributed by atoms with Gasteiger partial charge in [-0.05, 0) is 25.7 Å². The molecular weight excluding hydrogens is 368 g/mol. The van der Waals surface area contributed by atoms with Crippen LogP contribution >= 0.6 is 11.6 Å². The van der Waals surface area contributed by atoms with Crippen LogP contribution in [0.25, 0.3) is 0 Å². The van der Waals surface area contributed by atoms with E-state index in [0.717, 1.165) is 38.7 Å². The van der Waals surface area contributed by atoms with Crippen molar-refractivity contribution in [3.05, 3.63) is 17.2 Å². The van der Waals surface area contributed by atoms with Crippen LogP contribution in [-0.4, -0.2) is 49.4 Å². The van der Waals surface area contributed by atoms with Gasteiger partial charge in [-0.1, -0.05) is 24.4 Å². The van der Waals surface area contributed by atoms with Crippen LogP contribution in [0, 0.1) is 0 Å². The quantitative estimate of drug-likeness (QED) is 0.819. The maximum atomic E-state index is 13.1. The van der Waals surface area contributed by atoms with Crippen LogP contribution in [0.5, 0.6) is 11.5 Å². The summed E-state index contributed by atoms with van der Waals surface area (Å²) in [5, 5.41) is 3.45. The van der Waals surface area contributed by atoms with Gasteiger partial charge in [0, 0.05) is 37.7 Å². The molecule has 0 bridgehead atoms. The fourth-order valence-electron chi connectivity index (χ4n) is 4.09. The molecule has 0 unspecified atom stereocenters. The van der Waals surface area contributed by atoms with Crippen molar-refractivity contribution in [2.75, 3.05) is 31.7 Å². The minimum Gasteiger partial charge on any atom is -0.490 e. The van der Waals surface area contributed by atoms with Crippen LogP contribution in [0.2, 0.25) is 5.02 Å². The third-order valence-corrected chi connectivity index (χ3v) is 5.84. The SMILES string of the molecule is O=C(Nc1cc2c(cc1Cl)OCCCO2)N(C[C@H]1CCCO1)C1CCCC1. The molecule has 0 spiro atoms. The standard InChI is InChI=1S/C20H27ClN2O4/c21-16-11-18-19(27-10-4-9-26-18)12-17(16)22-20(24)23(14-5-1-2-6-14)13-15-7-3-8-25-15/h11-12,14-15H,1-10,13H2,(H,22,24)/t15-/m1/s1. The number of rotatable bonds is 4. The van der Waals surface area contributed by atoms with E-state index in [1.807, 2.05) is 4.90 Å². The van der Waals surface area contributed by atoms with E-state index in [1.54, 1.807) is 12.1 Å². The minimum atomic E-state index is -0.117. The highest BCUT2D eigenvalue weighted by Crippen LogP contribution is 2.38. The number of amides is 2. The first kappa shape index (κ1) is 18.7. The second-order valence-electron chi connectivity index (χ2n) is 7.49. The normalized spacial score (nSPS) is 22.5. The van der Waals surface area contributed by atoms with E-state index in [1.165, 1.54) is 12.8 Å². The Morgan fingerprint density at radius 3 is 2.48 bits per heavy atom. The predicted octanol–water partition coefficient (Wildman–Crippen LogP) is 4.46. The molecule has 1 saturated heterocycles. The van der Waals surface area contributed by atoms with Gasteiger partial charge in [0.1, 0.15) is 0 Å². The van der Waals surface area contributed by atoms with E-state index >= 15 is 0 Å². The molecular formula is C20H27ClN2O4. The molecule has 6 nitrogen and oxygen atoms in total. The average molecular weight is 395 g/mol. The van der Waals surface area contributed by atoms with Gasteiger partial charge >= 0.3 is 6.03 Å². The van der Waals surface area contributed by atoms with Crippen LogP contribution < -0.4 is 14.8 Å². The van der Waals surface area contributed by atoms with Crippen molar-refractivity contribution >= 4 is 23.3 Å². The van der Waals surface area contributed by atoms with Gasteiger partial charge in [0.05, 0.1) is 30.0 Å². The maximum Gasteiger partial charge on any atom is 0.322 e. The molecule has 2 fully saturated rings. The number of fused-ring (bicyclic) bond motifs is 1. The molecule has 0 aromatic heterocycles. The number of halogens is 1. The lowest BCUT2D eigenvalue weighted by Crippen LogP contribution is -2.45. The summed E-state index contributed by atoms with van der Waals surface area (Å²) >= 11 is 6.40. The van der Waals surface area contributed by atoms with E-state index < -0.39 is 0 Å². The number of hydrogen-bond donors (Lipinski definition) is 1. The zero-order chi connectivity index (χ0) is 18.6. The molecule has 3 aliphatic rings. The van der Waals surface area contributed by atoms with Gasteiger partial charge in [0.2, 0.25) is 0 Å². The lowest BCUT2D eigenvalue weighted by molar-refractivity contribution is 0.0729. The molecule has 2 aliphatic heterocycles. The Hall–Kier alpha value is -1.66. The number of anilines is 1. The molecule has 27 heavy (non-hydrogen) atoms. The van der Waals surface area contributed by atoms with E-state index in [9.17, 15) is 4.79 Å². The van der Waals surface area contributed by atoms with Crippen LogP contribution in [0.15, 0.2) is 12.1 Å². The molecule has 7 heteroatoms. The maximum absolute atomic E-state index is 13.1. The summed E-state index contributed by atoms with van der Waals surface area (Å²) in [5.41, 5.74) is 0.557. The second-order valence-corrected chi connectivity index (χ2v) is 7.89. The molecule has 4 rings (SSSR count). The van der Waals surface area contributed by atoms with Gasteiger partial charge in [0.15, 0.2) is 11.5 Å². The highest BCUT2D eigenvalue weighted by atomic mass is 35.5. The van der Waals surface area contributed by atoms with Gasteiger partial charge < -0.3 is 24.4 Å². The van der Waals surface area contributed by atoms with E-state index in [2.05, 4.69) is 5.32 Å². The van der Waals surface area contributed by atoms with Crippen molar-refractivity contribution in [3.8, 4) is 11.5 Å². The molecule has 1 aliphatic carbocycles. The third kappa shape index (κ3) is 4.43. The topological polar surface area (TPSA) is 60.0 Å². The summed E-state index contributed by atoms with van der Waals surface area (Å²) in [4.78, 5) is 15.1. The highest BCUT2D eigenvalue weighted by Gasteiger charge is 2.31. The third-order valence-electron chi connectivity index (χ3n) is 5.53. The smallest absolute Gasteiger partial charge is 0.322 e. The lowest BCUT2D eigenvalue weighted by atomic mass is 10.1. The number of carbonyl (C=O) groups is 1. The van der Waals surface area contributed by atoms with Crippen LogP contribution in [0.3, 0.4) is 0 Å². The highest BCUT2D eigenvalue weighted by molar-refractivity contribution is 6.34. The molecule has 2 amide bonds. The van der Waals surface area contributed by atoms with E-state index in [-0.39, 0.29) is 18.2 Å². The van der Waals surface area contributed by atoms with Gasteiger partial charge in [0.25, 0.3) is 0 Å². The molecule has 1 atom stereocenters. The lowest BCUT2D eigenvalue weighted by Gasteiger charge is -2.31. The molecule has 0 radical (unpaired) electrons. The summed E-state index contributed by atoms with van der Waals surface area (Å²) in [7, 11) is 0. The van der Waals surface area contributed by atoms with Gasteiger partial charge in [-0.15, -0.1) is 0 Å². The van der Waals surface area contributed by atoms with Gasteiger partial charge in [-0.3, -0.25) is 0 Å². The molecule has 1 aromatic rings. The number of ether oxygens (including phenoxy) is 3. The molecule has 1 aromatic carbocycles. The Bertz CT molecular complexity index is 672. The first-order chi connectivity index (χ1) is 13.2. The molecule has 1 saturated carbocycles. The molecule has 2 heterocycles. The predicted molar refractivity (Wildman–Crippen MR) is 104 cm³/mol. The number of nitrogens with zero attached hydrogens (tertiary/aromatic N) is 1. The van der Waals surface area contributed by atoms with Crippen LogP contribution in [-0.2, 0) is 4.74 Å². The average Bonchev–Trinajstić information content (AvgIpc) is 3.32. The van der Waals surface area contributed by atoms with Crippen molar-refractivity contribution in [2.24, 2.45) is 0 Å². The minimum absolute atomic E-state index is 0.117. The summed E-state index contributed by atoms with van der Waals surface area (Å²) in [6.07, 6.45) is 7.49. The van der Waals surface area contributed by atoms with Gasteiger partial charge in [-0.2, -0.15) is 0 Å². The Balaban J connectivity index is 1.50. The first-order valence-corrected chi connectivity index (χ1v) is 10.4. The Morgan fingerprint density at radius 1 is 1.04 bits per heavy atom. The number of carbonyl (C=O) groups excluding carboxylic acids is 1. The number of urea groups is 1. The Morgan fingerprint density at radius 2 is 1.78 bits per heavy atom. The molecule has 148 valence electrons. The number of hydrogen-bond acceptors (Lipinski definition) is 4. The summed E-state index contributed by atoms with van der Waals surface area (Å²) < 4.78 is 17.2. The van der Waals surface area contributed by atoms with E-state index in [4.69, 9.17) is 25.8 Å². The van der Waals surface area contributed by atoms with Crippen molar-refractivity contribution in [3.63, 3.8) is 0 Å². The van der Waals surface area contributed by atoms with Crippen LogP contribution in [0.1, 0.15) is 44.9 Å². The van der Waals surface area contributed by atoms with Crippen molar-refractivity contribution in [2.45, 2.75) is 57.1 Å². The monoisotopic (exact) mass is 394 g/mol. The van der Waals surface area contributed by atoms with Crippen molar-refractivity contribution < 1.29 is 19.0 Å². The van der Waals surface area contributed by atoms with E-state index in [0.29, 0.717) is 42.0 Å². The summed E-state index contributed by atoms with van der Waals surface area (Å²) in [6, 6.07) is 3.64. The molecule has 1 N–H and O–H groups in total. The Labute approximate surface area is 165 Å². The largest absolute Gasteiger partial charge is 0.490 e. The van der Waals surface area contributed by atoms with Crippen LogP contribution in [0.4, 0.5) is 10.5 Å².